The molecule has 22 heavy (non-hydrogen) atoms. The van der Waals surface area contributed by atoms with Gasteiger partial charge in [-0.2, -0.15) is 0 Å². The topological polar surface area (TPSA) is 86.5 Å². The minimum absolute atomic E-state index is 0.165. The zero-order chi connectivity index (χ0) is 16.6. The van der Waals surface area contributed by atoms with E-state index in [0.29, 0.717) is 12.9 Å². The van der Waals surface area contributed by atoms with Crippen LogP contribution in [-0.2, 0) is 14.3 Å². The Hall–Kier alpha value is -2.24. The molecule has 1 aromatic rings. The van der Waals surface area contributed by atoms with Crippen LogP contribution in [0.4, 0.5) is 0 Å². The van der Waals surface area contributed by atoms with Gasteiger partial charge in [0, 0.05) is 16.8 Å². The third kappa shape index (κ3) is 4.38. The summed E-state index contributed by atoms with van der Waals surface area (Å²) in [5.74, 6) is -0.151. The highest BCUT2D eigenvalue weighted by molar-refractivity contribution is 5.87. The predicted molar refractivity (Wildman–Crippen MR) is 81.1 cm³/mol. The molecule has 2 atom stereocenters. The number of rotatable bonds is 5. The molecule has 1 aromatic carbocycles. The molecule has 0 saturated heterocycles. The van der Waals surface area contributed by atoms with Gasteiger partial charge in [-0.1, -0.05) is 37.3 Å². The van der Waals surface area contributed by atoms with Crippen LogP contribution in [0, 0.1) is 15.5 Å². The zero-order valence-electron chi connectivity index (χ0n) is 12.9. The van der Waals surface area contributed by atoms with Crippen LogP contribution in [0.5, 0.6) is 0 Å². The molecule has 0 heterocycles. The van der Waals surface area contributed by atoms with Crippen LogP contribution in [0.3, 0.4) is 0 Å². The SMILES string of the molecule is CC1(C(C[N+](=O)[O-])c2ccccc2)CCCC1=O.COC=O. The van der Waals surface area contributed by atoms with E-state index in [1.54, 1.807) is 0 Å². The van der Waals surface area contributed by atoms with E-state index >= 15 is 0 Å². The lowest BCUT2D eigenvalue weighted by molar-refractivity contribution is -0.485. The highest BCUT2D eigenvalue weighted by Crippen LogP contribution is 2.46. The van der Waals surface area contributed by atoms with Crippen LogP contribution >= 0.6 is 0 Å². The molecule has 6 nitrogen and oxygen atoms in total. The van der Waals surface area contributed by atoms with Crippen molar-refractivity contribution in [3.05, 3.63) is 46.0 Å². The molecule has 0 amide bonds. The van der Waals surface area contributed by atoms with E-state index in [1.807, 2.05) is 37.3 Å². The van der Waals surface area contributed by atoms with Gasteiger partial charge in [-0.05, 0) is 18.4 Å². The fourth-order valence-corrected chi connectivity index (χ4v) is 2.92. The van der Waals surface area contributed by atoms with Gasteiger partial charge >= 0.3 is 0 Å². The maximum atomic E-state index is 12.1. The number of carbonyl (C=O) groups excluding carboxylic acids is 2. The molecule has 120 valence electrons. The number of nitro groups is 1. The molecule has 6 heteroatoms. The number of nitrogens with zero attached hydrogens (tertiary/aromatic N) is 1. The van der Waals surface area contributed by atoms with Crippen LogP contribution < -0.4 is 0 Å². The molecule has 1 fully saturated rings. The van der Waals surface area contributed by atoms with Gasteiger partial charge in [-0.3, -0.25) is 19.7 Å². The number of benzene rings is 1. The molecule has 0 N–H and O–H groups in total. The maximum Gasteiger partial charge on any atom is 0.292 e. The lowest BCUT2D eigenvalue weighted by Crippen LogP contribution is -2.34. The van der Waals surface area contributed by atoms with Gasteiger partial charge in [0.15, 0.2) is 0 Å². The summed E-state index contributed by atoms with van der Waals surface area (Å²) >= 11 is 0. The average molecular weight is 307 g/mol. The van der Waals surface area contributed by atoms with Gasteiger partial charge in [0.25, 0.3) is 6.47 Å². The Kier molecular flexibility index (Phi) is 6.69. The fraction of sp³-hybridized carbons (Fsp3) is 0.500. The molecule has 0 aromatic heterocycles. The average Bonchev–Trinajstić information content (AvgIpc) is 2.86. The second-order valence-electron chi connectivity index (χ2n) is 5.50. The van der Waals surface area contributed by atoms with Crippen molar-refractivity contribution >= 4 is 12.3 Å². The molecule has 2 rings (SSSR count). The Bertz CT molecular complexity index is 517. The van der Waals surface area contributed by atoms with E-state index in [9.17, 15) is 14.9 Å². The minimum Gasteiger partial charge on any atom is -0.471 e. The van der Waals surface area contributed by atoms with Crippen molar-refractivity contribution < 1.29 is 19.2 Å². The summed E-state index contributed by atoms with van der Waals surface area (Å²) in [5, 5.41) is 10.9. The summed E-state index contributed by atoms with van der Waals surface area (Å²) in [4.78, 5) is 31.6. The van der Waals surface area contributed by atoms with E-state index in [2.05, 4.69) is 4.74 Å². The van der Waals surface area contributed by atoms with Crippen molar-refractivity contribution in [1.29, 1.82) is 0 Å². The Balaban J connectivity index is 0.000000541. The van der Waals surface area contributed by atoms with E-state index in [0.717, 1.165) is 18.4 Å². The summed E-state index contributed by atoms with van der Waals surface area (Å²) in [6.07, 6.45) is 2.15. The quantitative estimate of drug-likeness (QED) is 0.474. The van der Waals surface area contributed by atoms with Gasteiger partial charge in [-0.15, -0.1) is 0 Å². The Morgan fingerprint density at radius 1 is 1.41 bits per heavy atom. The molecule has 0 bridgehead atoms. The summed E-state index contributed by atoms with van der Waals surface area (Å²) in [5.41, 5.74) is 0.320. The molecule has 0 radical (unpaired) electrons. The zero-order valence-corrected chi connectivity index (χ0v) is 12.9. The number of ketones is 1. The third-order valence-electron chi connectivity index (χ3n) is 4.14. The van der Waals surface area contributed by atoms with Crippen molar-refractivity contribution in [2.24, 2.45) is 5.41 Å². The van der Waals surface area contributed by atoms with E-state index in [4.69, 9.17) is 4.79 Å². The smallest absolute Gasteiger partial charge is 0.292 e. The van der Waals surface area contributed by atoms with Gasteiger partial charge in [0.2, 0.25) is 6.54 Å². The molecule has 1 saturated carbocycles. The third-order valence-corrected chi connectivity index (χ3v) is 4.14. The fourth-order valence-electron chi connectivity index (χ4n) is 2.92. The first-order valence-corrected chi connectivity index (χ1v) is 7.12. The highest BCUT2D eigenvalue weighted by Gasteiger charge is 2.46. The lowest BCUT2D eigenvalue weighted by Gasteiger charge is -2.30. The van der Waals surface area contributed by atoms with Crippen molar-refractivity contribution in [2.75, 3.05) is 13.7 Å². The van der Waals surface area contributed by atoms with Crippen molar-refractivity contribution in [2.45, 2.75) is 32.1 Å². The van der Waals surface area contributed by atoms with Gasteiger partial charge in [0.1, 0.15) is 5.78 Å². The summed E-state index contributed by atoms with van der Waals surface area (Å²) in [7, 11) is 1.31. The van der Waals surface area contributed by atoms with Gasteiger partial charge in [0.05, 0.1) is 13.0 Å². The number of methoxy groups -OCH3 is 1. The van der Waals surface area contributed by atoms with Crippen molar-refractivity contribution in [3.8, 4) is 0 Å². The number of Topliss-reactive ketones (excluding diaryl/α,β-unsaturated/α-hetero) is 1. The first-order valence-electron chi connectivity index (χ1n) is 7.12. The molecule has 2 unspecified atom stereocenters. The monoisotopic (exact) mass is 307 g/mol. The summed E-state index contributed by atoms with van der Waals surface area (Å²) in [6, 6.07) is 9.37. The minimum atomic E-state index is -0.575. The summed E-state index contributed by atoms with van der Waals surface area (Å²) < 4.78 is 3.86. The Labute approximate surface area is 129 Å². The first-order chi connectivity index (χ1) is 10.5. The molecule has 1 aliphatic rings. The Morgan fingerprint density at radius 3 is 2.41 bits per heavy atom. The normalized spacial score (nSPS) is 21.5. The second kappa shape index (κ2) is 8.26. The Morgan fingerprint density at radius 2 is 2.00 bits per heavy atom. The van der Waals surface area contributed by atoms with E-state index < -0.39 is 5.41 Å². The number of carbonyl (C=O) groups is 2. The molecular formula is C16H21NO5. The van der Waals surface area contributed by atoms with Crippen LogP contribution in [0.1, 0.15) is 37.7 Å². The van der Waals surface area contributed by atoms with Crippen LogP contribution in [0.15, 0.2) is 30.3 Å². The first kappa shape index (κ1) is 17.8. The number of hydrogen-bond donors (Lipinski definition) is 0. The van der Waals surface area contributed by atoms with E-state index in [-0.39, 0.29) is 23.2 Å². The second-order valence-corrected chi connectivity index (χ2v) is 5.50. The molecule has 0 spiro atoms. The lowest BCUT2D eigenvalue weighted by atomic mass is 9.71. The molecule has 1 aliphatic carbocycles. The van der Waals surface area contributed by atoms with Crippen LogP contribution in [-0.4, -0.2) is 30.8 Å². The van der Waals surface area contributed by atoms with Crippen LogP contribution in [0.25, 0.3) is 0 Å². The predicted octanol–water partition coefficient (Wildman–Crippen LogP) is 2.60. The number of ether oxygens (including phenoxy) is 1. The highest BCUT2D eigenvalue weighted by atomic mass is 16.6. The van der Waals surface area contributed by atoms with Gasteiger partial charge < -0.3 is 4.74 Å². The van der Waals surface area contributed by atoms with E-state index in [1.165, 1.54) is 7.11 Å². The van der Waals surface area contributed by atoms with Crippen molar-refractivity contribution in [3.63, 3.8) is 0 Å². The standard InChI is InChI=1S/C14H17NO3.C2H4O2/c1-14(9-5-8-13(14)16)12(10-15(17)18)11-6-3-2-4-7-11;1-4-2-3/h2-4,6-7,12H,5,8-10H2,1H3;2H,1H3. The van der Waals surface area contributed by atoms with Crippen molar-refractivity contribution in [1.82, 2.24) is 0 Å². The number of hydrogen-bond acceptors (Lipinski definition) is 5. The summed E-state index contributed by atoms with van der Waals surface area (Å²) in [6.45, 7) is 2.08. The molecular weight excluding hydrogens is 286 g/mol. The van der Waals surface area contributed by atoms with Gasteiger partial charge in [-0.25, -0.2) is 0 Å². The maximum absolute atomic E-state index is 12.1. The van der Waals surface area contributed by atoms with Crippen LogP contribution in [0.2, 0.25) is 0 Å². The largest absolute Gasteiger partial charge is 0.471 e. The molecule has 0 aliphatic heterocycles.